The highest BCUT2D eigenvalue weighted by atomic mass is 16.4. The van der Waals surface area contributed by atoms with Crippen LogP contribution in [-0.4, -0.2) is 41.5 Å². The van der Waals surface area contributed by atoms with E-state index in [0.29, 0.717) is 18.5 Å². The first kappa shape index (κ1) is 14.2. The number of likely N-dealkylation sites (N-methyl/N-ethyl adjacent to an activating group) is 1. The van der Waals surface area contributed by atoms with Crippen molar-refractivity contribution in [3.63, 3.8) is 0 Å². The van der Waals surface area contributed by atoms with Crippen LogP contribution in [0.15, 0.2) is 24.3 Å². The Balaban J connectivity index is 2.69. The van der Waals surface area contributed by atoms with Gasteiger partial charge in [0, 0.05) is 13.6 Å². The quantitative estimate of drug-likeness (QED) is 0.807. The molecule has 18 heavy (non-hydrogen) atoms. The normalized spacial score (nSPS) is 11.9. The van der Waals surface area contributed by atoms with Crippen LogP contribution in [0.5, 0.6) is 0 Å². The minimum absolute atomic E-state index is 0.150. The number of nitrogens with zero attached hydrogens (tertiary/aromatic N) is 1. The van der Waals surface area contributed by atoms with Crippen molar-refractivity contribution in [2.75, 3.05) is 13.6 Å². The highest BCUT2D eigenvalue weighted by molar-refractivity contribution is 5.89. The highest BCUT2D eigenvalue weighted by Gasteiger charge is 2.14. The summed E-state index contributed by atoms with van der Waals surface area (Å²) >= 11 is 0. The summed E-state index contributed by atoms with van der Waals surface area (Å²) < 4.78 is 0. The highest BCUT2D eigenvalue weighted by Crippen LogP contribution is 2.10. The second-order valence-corrected chi connectivity index (χ2v) is 4.26. The van der Waals surface area contributed by atoms with Crippen molar-refractivity contribution >= 4 is 11.9 Å². The van der Waals surface area contributed by atoms with Crippen LogP contribution in [0, 0.1) is 0 Å². The second-order valence-electron chi connectivity index (χ2n) is 4.26. The SMILES string of the molecule is CC(N)C(=O)N(C)CCc1ccccc1C(=O)O. The van der Waals surface area contributed by atoms with E-state index in [2.05, 4.69) is 0 Å². The van der Waals surface area contributed by atoms with Crippen LogP contribution >= 0.6 is 0 Å². The molecule has 0 aromatic heterocycles. The third-order valence-corrected chi connectivity index (χ3v) is 2.73. The van der Waals surface area contributed by atoms with Gasteiger partial charge in [-0.25, -0.2) is 4.79 Å². The summed E-state index contributed by atoms with van der Waals surface area (Å²) in [6, 6.07) is 6.25. The van der Waals surface area contributed by atoms with Crippen molar-refractivity contribution in [2.45, 2.75) is 19.4 Å². The smallest absolute Gasteiger partial charge is 0.335 e. The van der Waals surface area contributed by atoms with Gasteiger partial charge in [0.1, 0.15) is 0 Å². The summed E-state index contributed by atoms with van der Waals surface area (Å²) in [5.41, 5.74) is 6.49. The van der Waals surface area contributed by atoms with Crippen molar-refractivity contribution in [3.05, 3.63) is 35.4 Å². The van der Waals surface area contributed by atoms with Crippen molar-refractivity contribution in [1.82, 2.24) is 4.90 Å². The van der Waals surface area contributed by atoms with Crippen molar-refractivity contribution in [2.24, 2.45) is 5.73 Å². The van der Waals surface area contributed by atoms with Gasteiger partial charge in [0.2, 0.25) is 5.91 Å². The van der Waals surface area contributed by atoms with E-state index in [1.165, 1.54) is 4.90 Å². The molecule has 98 valence electrons. The zero-order chi connectivity index (χ0) is 13.7. The van der Waals surface area contributed by atoms with Crippen molar-refractivity contribution < 1.29 is 14.7 Å². The van der Waals surface area contributed by atoms with Gasteiger partial charge in [0.15, 0.2) is 0 Å². The van der Waals surface area contributed by atoms with Gasteiger partial charge in [-0.1, -0.05) is 18.2 Å². The molecule has 3 N–H and O–H groups in total. The molecule has 1 aromatic carbocycles. The number of nitrogens with two attached hydrogens (primary N) is 1. The predicted octanol–water partition coefficient (Wildman–Crippen LogP) is 0.733. The minimum atomic E-state index is -0.952. The first-order chi connectivity index (χ1) is 8.43. The molecule has 1 aromatic rings. The maximum Gasteiger partial charge on any atom is 0.335 e. The van der Waals surface area contributed by atoms with Crippen LogP contribution in [0.1, 0.15) is 22.8 Å². The molecule has 0 bridgehead atoms. The lowest BCUT2D eigenvalue weighted by Crippen LogP contribution is -2.40. The molecule has 0 spiro atoms. The summed E-state index contributed by atoms with van der Waals surface area (Å²) in [6.45, 7) is 2.08. The summed E-state index contributed by atoms with van der Waals surface area (Å²) in [6.07, 6.45) is 0.497. The lowest BCUT2D eigenvalue weighted by atomic mass is 10.0. The average Bonchev–Trinajstić information content (AvgIpc) is 2.35. The summed E-state index contributed by atoms with van der Waals surface area (Å²) in [7, 11) is 1.66. The second kappa shape index (κ2) is 6.16. The molecule has 0 radical (unpaired) electrons. The molecule has 0 heterocycles. The van der Waals surface area contributed by atoms with Gasteiger partial charge in [-0.2, -0.15) is 0 Å². The Hall–Kier alpha value is -1.88. The number of amides is 1. The Labute approximate surface area is 106 Å². The molecular formula is C13H18N2O3. The molecule has 0 saturated carbocycles. The molecule has 0 saturated heterocycles. The summed E-state index contributed by atoms with van der Waals surface area (Å²) in [5, 5.41) is 9.03. The van der Waals surface area contributed by atoms with E-state index in [9.17, 15) is 9.59 Å². The standard InChI is InChI=1S/C13H18N2O3/c1-9(14)12(16)15(2)8-7-10-5-3-4-6-11(10)13(17)18/h3-6,9H,7-8,14H2,1-2H3,(H,17,18). The fourth-order valence-corrected chi connectivity index (χ4v) is 1.69. The number of hydrogen-bond acceptors (Lipinski definition) is 3. The topological polar surface area (TPSA) is 83.6 Å². The first-order valence-electron chi connectivity index (χ1n) is 5.75. The fourth-order valence-electron chi connectivity index (χ4n) is 1.69. The Kier molecular flexibility index (Phi) is 4.85. The molecule has 1 amide bonds. The number of carbonyl (C=O) groups is 2. The number of rotatable bonds is 5. The van der Waals surface area contributed by atoms with Crippen LogP contribution in [0.25, 0.3) is 0 Å². The Morgan fingerprint density at radius 2 is 2.00 bits per heavy atom. The molecule has 1 atom stereocenters. The molecule has 0 aliphatic carbocycles. The van der Waals surface area contributed by atoms with E-state index in [-0.39, 0.29) is 11.5 Å². The van der Waals surface area contributed by atoms with Crippen LogP contribution < -0.4 is 5.73 Å². The van der Waals surface area contributed by atoms with E-state index in [0.717, 1.165) is 0 Å². The molecule has 0 aliphatic heterocycles. The summed E-state index contributed by atoms with van der Waals surface area (Å²) in [5.74, 6) is -1.10. The van der Waals surface area contributed by atoms with Gasteiger partial charge >= 0.3 is 5.97 Å². The largest absolute Gasteiger partial charge is 0.478 e. The number of aromatic carboxylic acids is 1. The maximum absolute atomic E-state index is 11.6. The molecule has 5 heteroatoms. The maximum atomic E-state index is 11.6. The zero-order valence-corrected chi connectivity index (χ0v) is 10.6. The van der Waals surface area contributed by atoms with E-state index in [4.69, 9.17) is 10.8 Å². The van der Waals surface area contributed by atoms with Gasteiger partial charge in [0.25, 0.3) is 0 Å². The van der Waals surface area contributed by atoms with Crippen LogP contribution in [0.4, 0.5) is 0 Å². The Morgan fingerprint density at radius 1 is 1.39 bits per heavy atom. The molecule has 0 fully saturated rings. The van der Waals surface area contributed by atoms with Gasteiger partial charge < -0.3 is 15.7 Å². The van der Waals surface area contributed by atoms with Gasteiger partial charge in [0.05, 0.1) is 11.6 Å². The van der Waals surface area contributed by atoms with Gasteiger partial charge in [-0.15, -0.1) is 0 Å². The van der Waals surface area contributed by atoms with Crippen LogP contribution in [-0.2, 0) is 11.2 Å². The fraction of sp³-hybridized carbons (Fsp3) is 0.385. The first-order valence-corrected chi connectivity index (χ1v) is 5.75. The minimum Gasteiger partial charge on any atom is -0.478 e. The number of carbonyl (C=O) groups excluding carboxylic acids is 1. The molecule has 1 rings (SSSR count). The van der Waals surface area contributed by atoms with Crippen molar-refractivity contribution in [3.8, 4) is 0 Å². The molecule has 5 nitrogen and oxygen atoms in total. The van der Waals surface area contributed by atoms with Crippen molar-refractivity contribution in [1.29, 1.82) is 0 Å². The number of carboxylic acid groups (broad SMARTS) is 1. The third kappa shape index (κ3) is 3.56. The zero-order valence-electron chi connectivity index (χ0n) is 10.6. The van der Waals surface area contributed by atoms with Gasteiger partial charge in [-0.05, 0) is 25.0 Å². The van der Waals surface area contributed by atoms with Crippen LogP contribution in [0.2, 0.25) is 0 Å². The number of hydrogen-bond donors (Lipinski definition) is 2. The average molecular weight is 250 g/mol. The number of carboxylic acids is 1. The monoisotopic (exact) mass is 250 g/mol. The molecular weight excluding hydrogens is 232 g/mol. The van der Waals surface area contributed by atoms with E-state index < -0.39 is 12.0 Å². The number of benzene rings is 1. The lowest BCUT2D eigenvalue weighted by molar-refractivity contribution is -0.130. The van der Waals surface area contributed by atoms with Gasteiger partial charge in [-0.3, -0.25) is 4.79 Å². The van der Waals surface area contributed by atoms with E-state index >= 15 is 0 Å². The molecule has 1 unspecified atom stereocenters. The Bertz CT molecular complexity index is 444. The summed E-state index contributed by atoms with van der Waals surface area (Å²) in [4.78, 5) is 24.1. The van der Waals surface area contributed by atoms with E-state index in [1.54, 1.807) is 38.2 Å². The van der Waals surface area contributed by atoms with E-state index in [1.807, 2.05) is 0 Å². The third-order valence-electron chi connectivity index (χ3n) is 2.73. The molecule has 0 aliphatic rings. The lowest BCUT2D eigenvalue weighted by Gasteiger charge is -2.19. The predicted molar refractivity (Wildman–Crippen MR) is 68.4 cm³/mol. The van der Waals surface area contributed by atoms with Crippen LogP contribution in [0.3, 0.4) is 0 Å². The Morgan fingerprint density at radius 3 is 2.56 bits per heavy atom.